The van der Waals surface area contributed by atoms with Gasteiger partial charge in [-0.1, -0.05) is 5.21 Å². The molecule has 1 atom stereocenters. The highest BCUT2D eigenvalue weighted by atomic mass is 19.4. The lowest BCUT2D eigenvalue weighted by Gasteiger charge is -2.36. The van der Waals surface area contributed by atoms with E-state index in [0.29, 0.717) is 54.5 Å². The molecule has 3 aromatic rings. The number of aromatic amines is 1. The monoisotopic (exact) mass is 533 g/mol. The van der Waals surface area contributed by atoms with E-state index in [4.69, 9.17) is 4.98 Å². The van der Waals surface area contributed by atoms with Crippen molar-refractivity contribution in [3.05, 3.63) is 36.2 Å². The molecular formula is C25H27F4N7O2. The van der Waals surface area contributed by atoms with Crippen LogP contribution in [0.15, 0.2) is 30.5 Å². The lowest BCUT2D eigenvalue weighted by molar-refractivity contribution is -0.274. The lowest BCUT2D eigenvalue weighted by Crippen LogP contribution is -2.46. The fraction of sp³-hybridized carbons (Fsp3) is 0.520. The Labute approximate surface area is 215 Å². The van der Waals surface area contributed by atoms with Crippen molar-refractivity contribution in [2.24, 2.45) is 0 Å². The van der Waals surface area contributed by atoms with Crippen molar-refractivity contribution >= 4 is 5.91 Å². The Bertz CT molecular complexity index is 1280. The Morgan fingerprint density at radius 2 is 1.74 bits per heavy atom. The fourth-order valence-corrected chi connectivity index (χ4v) is 5.49. The van der Waals surface area contributed by atoms with Crippen molar-refractivity contribution in [2.75, 3.05) is 26.2 Å². The average Bonchev–Trinajstić information content (AvgIpc) is 3.26. The number of halogens is 4. The van der Waals surface area contributed by atoms with Gasteiger partial charge in [-0.05, 0) is 56.4 Å². The summed E-state index contributed by atoms with van der Waals surface area (Å²) in [7, 11) is 0. The number of nitrogens with one attached hydrogen (secondary N) is 1. The van der Waals surface area contributed by atoms with Gasteiger partial charge in [0.1, 0.15) is 34.8 Å². The van der Waals surface area contributed by atoms with E-state index in [1.165, 1.54) is 30.5 Å². The topological polar surface area (TPSA) is 92.2 Å². The number of hydrogen-bond donors (Lipinski definition) is 1. The lowest BCUT2D eigenvalue weighted by atomic mass is 10.0. The summed E-state index contributed by atoms with van der Waals surface area (Å²) in [5.74, 6) is -0.0134. The maximum absolute atomic E-state index is 14.0. The molecule has 3 fully saturated rings. The maximum atomic E-state index is 14.0. The van der Waals surface area contributed by atoms with Gasteiger partial charge in [0.2, 0.25) is 0 Å². The van der Waals surface area contributed by atoms with E-state index in [2.05, 4.69) is 25.0 Å². The number of amides is 1. The minimum absolute atomic E-state index is 0.0517. The van der Waals surface area contributed by atoms with E-state index < -0.39 is 12.5 Å². The first-order valence-corrected chi connectivity index (χ1v) is 12.8. The molecule has 202 valence electrons. The number of carbonyl (C=O) groups is 1. The van der Waals surface area contributed by atoms with Gasteiger partial charge >= 0.3 is 6.36 Å². The SMILES string of the molecule is O=C(c1c(-c2cnn[nH]2)nc(-c2ccc(OC(F)(F)F)cc2)n1C1CC1)N1CCC(N2CC[C@H](F)C2)CC1. The Hall–Kier alpha value is -3.48. The first-order valence-electron chi connectivity index (χ1n) is 12.8. The number of aromatic nitrogens is 5. The van der Waals surface area contributed by atoms with Crippen molar-refractivity contribution in [3.63, 3.8) is 0 Å². The first-order chi connectivity index (χ1) is 18.3. The fourth-order valence-electron chi connectivity index (χ4n) is 5.49. The van der Waals surface area contributed by atoms with Gasteiger partial charge in [-0.2, -0.15) is 0 Å². The number of H-pyrrole nitrogens is 1. The highest BCUT2D eigenvalue weighted by molar-refractivity contribution is 5.99. The van der Waals surface area contributed by atoms with Crippen LogP contribution < -0.4 is 4.74 Å². The number of hydrogen-bond acceptors (Lipinski definition) is 6. The van der Waals surface area contributed by atoms with Gasteiger partial charge in [0.15, 0.2) is 0 Å². The molecule has 2 saturated heterocycles. The average molecular weight is 534 g/mol. The third-order valence-corrected chi connectivity index (χ3v) is 7.47. The van der Waals surface area contributed by atoms with Gasteiger partial charge in [-0.3, -0.25) is 14.8 Å². The molecule has 1 aromatic carbocycles. The molecule has 1 N–H and O–H groups in total. The molecule has 0 spiro atoms. The summed E-state index contributed by atoms with van der Waals surface area (Å²) in [5, 5.41) is 10.4. The van der Waals surface area contributed by atoms with E-state index in [1.54, 1.807) is 0 Å². The minimum Gasteiger partial charge on any atom is -0.406 e. The molecule has 2 aromatic heterocycles. The summed E-state index contributed by atoms with van der Waals surface area (Å²) in [4.78, 5) is 22.8. The molecule has 0 bridgehead atoms. The van der Waals surface area contributed by atoms with E-state index in [0.717, 1.165) is 32.2 Å². The Balaban J connectivity index is 1.31. The molecule has 0 unspecified atom stereocenters. The van der Waals surface area contributed by atoms with Gasteiger partial charge < -0.3 is 14.2 Å². The number of nitrogens with zero attached hydrogens (tertiary/aromatic N) is 6. The van der Waals surface area contributed by atoms with Gasteiger partial charge in [-0.25, -0.2) is 9.37 Å². The highest BCUT2D eigenvalue weighted by Crippen LogP contribution is 2.43. The largest absolute Gasteiger partial charge is 0.573 e. The van der Waals surface area contributed by atoms with Crippen LogP contribution in [0.25, 0.3) is 22.8 Å². The Kier molecular flexibility index (Phi) is 6.33. The van der Waals surface area contributed by atoms with E-state index in [-0.39, 0.29) is 23.7 Å². The molecular weight excluding hydrogens is 506 g/mol. The highest BCUT2D eigenvalue weighted by Gasteiger charge is 2.38. The first kappa shape index (κ1) is 24.8. The number of imidazole rings is 1. The van der Waals surface area contributed by atoms with Crippen molar-refractivity contribution in [3.8, 4) is 28.5 Å². The van der Waals surface area contributed by atoms with E-state index >= 15 is 0 Å². The maximum Gasteiger partial charge on any atom is 0.573 e. The van der Waals surface area contributed by atoms with Crippen molar-refractivity contribution in [1.29, 1.82) is 0 Å². The number of alkyl halides is 4. The molecule has 9 nitrogen and oxygen atoms in total. The van der Waals surface area contributed by atoms with Crippen LogP contribution in [-0.2, 0) is 0 Å². The minimum atomic E-state index is -4.79. The number of benzene rings is 1. The normalized spacial score (nSPS) is 21.3. The quantitative estimate of drug-likeness (QED) is 0.477. The smallest absolute Gasteiger partial charge is 0.406 e. The molecule has 3 aliphatic rings. The van der Waals surface area contributed by atoms with Crippen LogP contribution >= 0.6 is 0 Å². The third-order valence-electron chi connectivity index (χ3n) is 7.47. The zero-order chi connectivity index (χ0) is 26.4. The van der Waals surface area contributed by atoms with Gasteiger partial charge in [0.05, 0.1) is 6.20 Å². The Morgan fingerprint density at radius 3 is 2.32 bits per heavy atom. The summed E-state index contributed by atoms with van der Waals surface area (Å²) in [6.07, 6.45) is -0.247. The number of piperidine rings is 1. The summed E-state index contributed by atoms with van der Waals surface area (Å²) in [6, 6.07) is 5.79. The van der Waals surface area contributed by atoms with Crippen LogP contribution in [0.4, 0.5) is 17.6 Å². The molecule has 2 aliphatic heterocycles. The molecule has 13 heteroatoms. The van der Waals surface area contributed by atoms with Crippen LogP contribution in [0.2, 0.25) is 0 Å². The summed E-state index contributed by atoms with van der Waals surface area (Å²) in [6.45, 7) is 2.31. The summed E-state index contributed by atoms with van der Waals surface area (Å²) in [5.41, 5.74) is 1.85. The molecule has 6 rings (SSSR count). The molecule has 38 heavy (non-hydrogen) atoms. The van der Waals surface area contributed by atoms with Crippen LogP contribution in [-0.4, -0.2) is 85.4 Å². The summed E-state index contributed by atoms with van der Waals surface area (Å²) < 4.78 is 57.5. The number of likely N-dealkylation sites (tertiary alicyclic amines) is 2. The van der Waals surface area contributed by atoms with Crippen LogP contribution in [0.1, 0.15) is 48.6 Å². The van der Waals surface area contributed by atoms with Gasteiger partial charge in [0.25, 0.3) is 5.91 Å². The predicted octanol–water partition coefficient (Wildman–Crippen LogP) is 4.22. The number of rotatable bonds is 6. The molecule has 1 saturated carbocycles. The third kappa shape index (κ3) is 4.98. The van der Waals surface area contributed by atoms with Crippen LogP contribution in [0, 0.1) is 0 Å². The van der Waals surface area contributed by atoms with Crippen molar-refractivity contribution in [2.45, 2.75) is 56.7 Å². The second-order valence-corrected chi connectivity index (χ2v) is 10.1. The van der Waals surface area contributed by atoms with Gasteiger partial charge in [-0.15, -0.1) is 18.3 Å². The second kappa shape index (κ2) is 9.68. The summed E-state index contributed by atoms with van der Waals surface area (Å²) >= 11 is 0. The van der Waals surface area contributed by atoms with Crippen LogP contribution in [0.5, 0.6) is 5.75 Å². The second-order valence-electron chi connectivity index (χ2n) is 10.1. The van der Waals surface area contributed by atoms with Crippen LogP contribution in [0.3, 0.4) is 0 Å². The number of ether oxygens (including phenoxy) is 1. The molecule has 1 aliphatic carbocycles. The van der Waals surface area contributed by atoms with E-state index in [1.807, 2.05) is 9.47 Å². The van der Waals surface area contributed by atoms with Gasteiger partial charge in [0, 0.05) is 43.8 Å². The molecule has 4 heterocycles. The molecule has 1 amide bonds. The standard InChI is InChI=1S/C25H27F4N7O2/c26-16-7-10-35(14-16)17-8-11-34(12-9-17)24(37)22-21(20-13-30-33-32-20)31-23(36(22)18-3-4-18)15-1-5-19(6-2-15)38-25(27,28)29/h1-2,5-6,13,16-18H,3-4,7-12,14H2,(H,30,32,33)/t16-/m0/s1. The Morgan fingerprint density at radius 1 is 1.00 bits per heavy atom. The van der Waals surface area contributed by atoms with E-state index in [9.17, 15) is 22.4 Å². The van der Waals surface area contributed by atoms with Crippen molar-refractivity contribution in [1.82, 2.24) is 34.8 Å². The molecule has 0 radical (unpaired) electrons. The zero-order valence-electron chi connectivity index (χ0n) is 20.5. The number of carbonyl (C=O) groups excluding carboxylic acids is 1. The zero-order valence-corrected chi connectivity index (χ0v) is 20.5. The predicted molar refractivity (Wildman–Crippen MR) is 128 cm³/mol. The van der Waals surface area contributed by atoms with Crippen molar-refractivity contribution < 1.29 is 27.1 Å².